The molecule has 1 atom stereocenters. The first kappa shape index (κ1) is 25.2. The third-order valence-corrected chi connectivity index (χ3v) is 6.47. The number of nitrogens with zero attached hydrogens (tertiary/aromatic N) is 4. The molecule has 0 aliphatic carbocycles. The Morgan fingerprint density at radius 3 is 2.64 bits per heavy atom. The molecule has 2 amide bonds. The van der Waals surface area contributed by atoms with Gasteiger partial charge in [0.2, 0.25) is 5.91 Å². The monoisotopic (exact) mass is 487 g/mol. The van der Waals surface area contributed by atoms with Crippen LogP contribution in [0, 0.1) is 6.92 Å². The van der Waals surface area contributed by atoms with Crippen molar-refractivity contribution in [3.05, 3.63) is 83.8 Å². The van der Waals surface area contributed by atoms with Crippen LogP contribution in [0.15, 0.2) is 71.3 Å². The molecule has 8 heteroatoms. The van der Waals surface area contributed by atoms with Gasteiger partial charge < -0.3 is 14.6 Å². The minimum atomic E-state index is -0.919. The number of nitrogens with one attached hydrogen (secondary N) is 1. The quantitative estimate of drug-likeness (QED) is 0.357. The molecule has 0 radical (unpaired) electrons. The second kappa shape index (κ2) is 10.8. The lowest BCUT2D eigenvalue weighted by Crippen LogP contribution is -2.51. The average molecular weight is 488 g/mol. The molecule has 0 spiro atoms. The lowest BCUT2D eigenvalue weighted by molar-refractivity contribution is -0.142. The Morgan fingerprint density at radius 2 is 1.92 bits per heavy atom. The molecule has 2 aromatic heterocycles. The number of para-hydroxylation sites is 1. The summed E-state index contributed by atoms with van der Waals surface area (Å²) in [5.41, 5.74) is 3.27. The molecule has 0 saturated heterocycles. The zero-order chi connectivity index (χ0) is 25.7. The Bertz CT molecular complexity index is 1330. The predicted molar refractivity (Wildman–Crippen MR) is 138 cm³/mol. The van der Waals surface area contributed by atoms with Gasteiger partial charge in [0.15, 0.2) is 6.04 Å². The van der Waals surface area contributed by atoms with Crippen molar-refractivity contribution in [2.24, 2.45) is 0 Å². The maximum Gasteiger partial charge on any atom is 0.251 e. The number of hydrogen-bond donors (Lipinski definition) is 1. The molecule has 0 saturated carbocycles. The zero-order valence-electron chi connectivity index (χ0n) is 21.3. The van der Waals surface area contributed by atoms with Gasteiger partial charge in [0.25, 0.3) is 5.91 Å². The number of carbonyl (C=O) groups excluding carboxylic acids is 2. The normalized spacial score (nSPS) is 12.4. The second-order valence-electron chi connectivity index (χ2n) is 9.71. The standard InChI is InChI=1S/C28H33N5O3/c1-5-28(3,4)29-27(35)26(24-14-9-17-36-24)32(16-15-21-11-8-10-20(2)18-21)25(34)19-33-23-13-7-6-12-22(23)30-31-33/h6-14,17-18,26H,5,15-16,19H2,1-4H3,(H,29,35). The predicted octanol–water partition coefficient (Wildman–Crippen LogP) is 4.45. The van der Waals surface area contributed by atoms with Crippen LogP contribution in [0.1, 0.15) is 50.1 Å². The topological polar surface area (TPSA) is 93.3 Å². The highest BCUT2D eigenvalue weighted by Gasteiger charge is 2.35. The number of furan rings is 1. The number of aromatic nitrogens is 3. The summed E-state index contributed by atoms with van der Waals surface area (Å²) >= 11 is 0. The molecule has 0 aliphatic heterocycles. The van der Waals surface area contributed by atoms with Crippen LogP contribution in [0.4, 0.5) is 0 Å². The van der Waals surface area contributed by atoms with Gasteiger partial charge >= 0.3 is 0 Å². The fourth-order valence-electron chi connectivity index (χ4n) is 4.13. The molecule has 0 aliphatic rings. The number of aryl methyl sites for hydroxylation is 1. The molecule has 0 bridgehead atoms. The van der Waals surface area contributed by atoms with Crippen LogP contribution < -0.4 is 5.32 Å². The summed E-state index contributed by atoms with van der Waals surface area (Å²) < 4.78 is 7.26. The SMILES string of the molecule is CCC(C)(C)NC(=O)C(c1ccco1)N(CCc1cccc(C)c1)C(=O)Cn1nnc2ccccc21. The van der Waals surface area contributed by atoms with Gasteiger partial charge in [0.05, 0.1) is 11.8 Å². The molecule has 36 heavy (non-hydrogen) atoms. The van der Waals surface area contributed by atoms with Crippen LogP contribution in [-0.2, 0) is 22.6 Å². The molecule has 8 nitrogen and oxygen atoms in total. The van der Waals surface area contributed by atoms with Crippen LogP contribution >= 0.6 is 0 Å². The van der Waals surface area contributed by atoms with Crippen molar-refractivity contribution < 1.29 is 14.0 Å². The van der Waals surface area contributed by atoms with E-state index in [1.54, 1.807) is 21.7 Å². The summed E-state index contributed by atoms with van der Waals surface area (Å²) in [5, 5.41) is 11.4. The Labute approximate surface area is 211 Å². The van der Waals surface area contributed by atoms with Gasteiger partial charge in [0, 0.05) is 12.1 Å². The number of benzene rings is 2. The summed E-state index contributed by atoms with van der Waals surface area (Å²) in [5.74, 6) is -0.109. The maximum atomic E-state index is 13.8. The van der Waals surface area contributed by atoms with Gasteiger partial charge in [-0.2, -0.15) is 0 Å². The van der Waals surface area contributed by atoms with Crippen molar-refractivity contribution in [2.75, 3.05) is 6.54 Å². The van der Waals surface area contributed by atoms with Gasteiger partial charge in [-0.1, -0.05) is 54.1 Å². The molecule has 1 N–H and O–H groups in total. The smallest absolute Gasteiger partial charge is 0.251 e. The van der Waals surface area contributed by atoms with Crippen LogP contribution in [0.5, 0.6) is 0 Å². The van der Waals surface area contributed by atoms with Gasteiger partial charge in [-0.15, -0.1) is 5.10 Å². The molecule has 0 fully saturated rings. The summed E-state index contributed by atoms with van der Waals surface area (Å²) in [6, 6.07) is 18.2. The van der Waals surface area contributed by atoms with E-state index in [4.69, 9.17) is 4.42 Å². The van der Waals surface area contributed by atoms with E-state index in [0.717, 1.165) is 23.1 Å². The van der Waals surface area contributed by atoms with Crippen LogP contribution in [0.25, 0.3) is 11.0 Å². The highest BCUT2D eigenvalue weighted by atomic mass is 16.3. The highest BCUT2D eigenvalue weighted by molar-refractivity contribution is 5.89. The summed E-state index contributed by atoms with van der Waals surface area (Å²) in [7, 11) is 0. The van der Waals surface area contributed by atoms with Crippen LogP contribution in [-0.4, -0.2) is 43.8 Å². The molecule has 2 heterocycles. The lowest BCUT2D eigenvalue weighted by Gasteiger charge is -2.33. The minimum absolute atomic E-state index is 0.0456. The van der Waals surface area contributed by atoms with Crippen molar-refractivity contribution in [3.63, 3.8) is 0 Å². The fraction of sp³-hybridized carbons (Fsp3) is 0.357. The minimum Gasteiger partial charge on any atom is -0.467 e. The molecule has 1 unspecified atom stereocenters. The van der Waals surface area contributed by atoms with E-state index < -0.39 is 11.6 Å². The molecular formula is C28H33N5O3. The molecule has 4 rings (SSSR count). The summed E-state index contributed by atoms with van der Waals surface area (Å²) in [6.45, 7) is 8.26. The summed E-state index contributed by atoms with van der Waals surface area (Å²) in [4.78, 5) is 29.1. The zero-order valence-corrected chi connectivity index (χ0v) is 21.3. The Balaban J connectivity index is 1.68. The van der Waals surface area contributed by atoms with E-state index in [-0.39, 0.29) is 18.4 Å². The summed E-state index contributed by atoms with van der Waals surface area (Å²) in [6.07, 6.45) is 2.85. The van der Waals surface area contributed by atoms with E-state index in [0.29, 0.717) is 24.2 Å². The first-order chi connectivity index (χ1) is 17.3. The van der Waals surface area contributed by atoms with Crippen LogP contribution in [0.3, 0.4) is 0 Å². The van der Waals surface area contributed by atoms with Crippen molar-refractivity contribution in [1.29, 1.82) is 0 Å². The first-order valence-electron chi connectivity index (χ1n) is 12.3. The van der Waals surface area contributed by atoms with E-state index in [9.17, 15) is 9.59 Å². The van der Waals surface area contributed by atoms with Gasteiger partial charge in [-0.3, -0.25) is 9.59 Å². The lowest BCUT2D eigenvalue weighted by atomic mass is 10.0. The van der Waals surface area contributed by atoms with E-state index in [1.165, 1.54) is 6.26 Å². The Hall–Kier alpha value is -3.94. The third kappa shape index (κ3) is 5.82. The molecule has 4 aromatic rings. The number of amides is 2. The Morgan fingerprint density at radius 1 is 1.11 bits per heavy atom. The third-order valence-electron chi connectivity index (χ3n) is 6.47. The van der Waals surface area contributed by atoms with E-state index in [2.05, 4.69) is 21.7 Å². The van der Waals surface area contributed by atoms with Crippen molar-refractivity contribution >= 4 is 22.8 Å². The largest absolute Gasteiger partial charge is 0.467 e. The maximum absolute atomic E-state index is 13.8. The van der Waals surface area contributed by atoms with E-state index in [1.807, 2.05) is 70.2 Å². The van der Waals surface area contributed by atoms with Crippen molar-refractivity contribution in [1.82, 2.24) is 25.2 Å². The molecular weight excluding hydrogens is 454 g/mol. The number of fused-ring (bicyclic) bond motifs is 1. The van der Waals surface area contributed by atoms with Gasteiger partial charge in [0.1, 0.15) is 17.8 Å². The molecule has 188 valence electrons. The van der Waals surface area contributed by atoms with E-state index >= 15 is 0 Å². The van der Waals surface area contributed by atoms with Crippen LogP contribution in [0.2, 0.25) is 0 Å². The van der Waals surface area contributed by atoms with Crippen molar-refractivity contribution in [3.8, 4) is 0 Å². The average Bonchev–Trinajstić information content (AvgIpc) is 3.52. The fourth-order valence-corrected chi connectivity index (χ4v) is 4.13. The van der Waals surface area contributed by atoms with Crippen molar-refractivity contribution in [2.45, 2.75) is 58.7 Å². The Kier molecular flexibility index (Phi) is 7.52. The number of rotatable bonds is 10. The first-order valence-corrected chi connectivity index (χ1v) is 12.3. The van der Waals surface area contributed by atoms with Gasteiger partial charge in [-0.05, 0) is 63.4 Å². The number of carbonyl (C=O) groups is 2. The second-order valence-corrected chi connectivity index (χ2v) is 9.71. The number of hydrogen-bond acceptors (Lipinski definition) is 5. The molecule has 2 aromatic carbocycles. The van der Waals surface area contributed by atoms with Gasteiger partial charge in [-0.25, -0.2) is 4.68 Å². The highest BCUT2D eigenvalue weighted by Crippen LogP contribution is 2.25.